The molecule has 15 heavy (non-hydrogen) atoms. The van der Waals surface area contributed by atoms with E-state index in [1.54, 1.807) is 0 Å². The average molecular weight is 204 g/mol. The van der Waals surface area contributed by atoms with Gasteiger partial charge in [-0.3, -0.25) is 4.79 Å². The normalized spacial score (nSPS) is 24.8. The molecular weight excluding hydrogens is 188 g/mol. The van der Waals surface area contributed by atoms with Crippen LogP contribution in [0, 0.1) is 0 Å². The van der Waals surface area contributed by atoms with Crippen molar-refractivity contribution < 1.29 is 4.79 Å². The highest BCUT2D eigenvalue weighted by Crippen LogP contribution is 2.21. The Morgan fingerprint density at radius 3 is 2.73 bits per heavy atom. The highest BCUT2D eigenvalue weighted by atomic mass is 16.1. The first-order valence-corrected chi connectivity index (χ1v) is 5.38. The number of rotatable bonds is 1. The smallest absolute Gasteiger partial charge is 0.253 e. The maximum atomic E-state index is 11.8. The van der Waals surface area contributed by atoms with Crippen molar-refractivity contribution in [1.29, 1.82) is 0 Å². The molecule has 0 aliphatic carbocycles. The number of para-hydroxylation sites is 1. The van der Waals surface area contributed by atoms with Crippen LogP contribution in [0.3, 0.4) is 0 Å². The maximum absolute atomic E-state index is 11.8. The topological polar surface area (TPSA) is 41.1 Å². The van der Waals surface area contributed by atoms with Crippen LogP contribution in [0.1, 0.15) is 30.6 Å². The Morgan fingerprint density at radius 1 is 1.27 bits per heavy atom. The third kappa shape index (κ3) is 1.82. The molecule has 0 saturated carbocycles. The van der Waals surface area contributed by atoms with Crippen molar-refractivity contribution in [2.24, 2.45) is 0 Å². The van der Waals surface area contributed by atoms with Crippen molar-refractivity contribution in [2.75, 3.05) is 5.32 Å². The second-order valence-corrected chi connectivity index (χ2v) is 3.97. The van der Waals surface area contributed by atoms with Crippen LogP contribution in [0.4, 0.5) is 5.69 Å². The van der Waals surface area contributed by atoms with Gasteiger partial charge in [-0.25, -0.2) is 0 Å². The minimum atomic E-state index is 0.0153. The largest absolute Gasteiger partial charge is 0.380 e. The van der Waals surface area contributed by atoms with E-state index in [-0.39, 0.29) is 11.9 Å². The predicted molar refractivity (Wildman–Crippen MR) is 61.1 cm³/mol. The van der Waals surface area contributed by atoms with Crippen molar-refractivity contribution in [1.82, 2.24) is 5.32 Å². The molecular formula is C12H16N2O. The summed E-state index contributed by atoms with van der Waals surface area (Å²) in [5, 5.41) is 6.40. The van der Waals surface area contributed by atoms with E-state index in [1.165, 1.54) is 0 Å². The van der Waals surface area contributed by atoms with Crippen molar-refractivity contribution in [2.45, 2.75) is 32.4 Å². The Hall–Kier alpha value is -1.51. The number of hydrogen-bond acceptors (Lipinski definition) is 2. The van der Waals surface area contributed by atoms with Crippen molar-refractivity contribution in [3.8, 4) is 0 Å². The molecule has 1 aromatic carbocycles. The Kier molecular flexibility index (Phi) is 2.62. The number of hydrogen-bond donors (Lipinski definition) is 2. The van der Waals surface area contributed by atoms with E-state index in [4.69, 9.17) is 0 Å². The summed E-state index contributed by atoms with van der Waals surface area (Å²) in [4.78, 5) is 11.8. The summed E-state index contributed by atoms with van der Waals surface area (Å²) in [6, 6.07) is 8.10. The van der Waals surface area contributed by atoms with Gasteiger partial charge in [0, 0.05) is 17.8 Å². The molecule has 1 heterocycles. The van der Waals surface area contributed by atoms with Gasteiger partial charge in [-0.2, -0.15) is 0 Å². The fraction of sp³-hybridized carbons (Fsp3) is 0.417. The zero-order valence-electron chi connectivity index (χ0n) is 9.08. The van der Waals surface area contributed by atoms with Crippen LogP contribution in [0.2, 0.25) is 0 Å². The fourth-order valence-electron chi connectivity index (χ4n) is 1.97. The van der Waals surface area contributed by atoms with Gasteiger partial charge in [-0.15, -0.1) is 0 Å². The quantitative estimate of drug-likeness (QED) is 0.734. The first-order chi connectivity index (χ1) is 7.22. The molecule has 0 spiro atoms. The summed E-state index contributed by atoms with van der Waals surface area (Å²) < 4.78 is 0. The van der Waals surface area contributed by atoms with Gasteiger partial charge >= 0.3 is 0 Å². The Labute approximate surface area is 89.9 Å². The molecule has 2 atom stereocenters. The number of carbonyl (C=O) groups is 1. The molecule has 0 bridgehead atoms. The van der Waals surface area contributed by atoms with E-state index >= 15 is 0 Å². The van der Waals surface area contributed by atoms with E-state index in [9.17, 15) is 4.79 Å². The van der Waals surface area contributed by atoms with Crippen molar-refractivity contribution in [3.63, 3.8) is 0 Å². The highest BCUT2D eigenvalue weighted by Gasteiger charge is 2.24. The second-order valence-electron chi connectivity index (χ2n) is 3.97. The first kappa shape index (κ1) is 10.0. The summed E-state index contributed by atoms with van der Waals surface area (Å²) in [7, 11) is 0. The predicted octanol–water partition coefficient (Wildman–Crippen LogP) is 2.01. The highest BCUT2D eigenvalue weighted by molar-refractivity contribution is 6.00. The fourth-order valence-corrected chi connectivity index (χ4v) is 1.97. The third-order valence-corrected chi connectivity index (χ3v) is 2.91. The molecule has 0 aromatic heterocycles. The average Bonchev–Trinajstić information content (AvgIpc) is 2.36. The van der Waals surface area contributed by atoms with Gasteiger partial charge in [-0.05, 0) is 25.5 Å². The maximum Gasteiger partial charge on any atom is 0.253 e. The number of anilines is 1. The van der Waals surface area contributed by atoms with Gasteiger partial charge in [0.15, 0.2) is 0 Å². The van der Waals surface area contributed by atoms with E-state index in [0.29, 0.717) is 6.04 Å². The van der Waals surface area contributed by atoms with E-state index in [2.05, 4.69) is 17.6 Å². The standard InChI is InChI=1S/C12H16N2O/c1-3-10-8(2)13-12(15)9-6-4-5-7-11(9)14-10/h4-8,10,14H,3H2,1-2H3,(H,13,15)/t8-,10+/m0/s1. The molecule has 0 saturated heterocycles. The molecule has 0 radical (unpaired) electrons. The van der Waals surface area contributed by atoms with Crippen LogP contribution in [0.5, 0.6) is 0 Å². The lowest BCUT2D eigenvalue weighted by atomic mass is 10.1. The van der Waals surface area contributed by atoms with Crippen LogP contribution in [-0.2, 0) is 0 Å². The lowest BCUT2D eigenvalue weighted by molar-refractivity contribution is 0.0940. The van der Waals surface area contributed by atoms with Crippen LogP contribution >= 0.6 is 0 Å². The minimum Gasteiger partial charge on any atom is -0.380 e. The first-order valence-electron chi connectivity index (χ1n) is 5.38. The van der Waals surface area contributed by atoms with Gasteiger partial charge in [0.2, 0.25) is 0 Å². The molecule has 3 nitrogen and oxygen atoms in total. The van der Waals surface area contributed by atoms with Crippen LogP contribution < -0.4 is 10.6 Å². The summed E-state index contributed by atoms with van der Waals surface area (Å²) in [5.41, 5.74) is 1.67. The number of benzene rings is 1. The van der Waals surface area contributed by atoms with Gasteiger partial charge in [-0.1, -0.05) is 19.1 Å². The number of amides is 1. The van der Waals surface area contributed by atoms with Gasteiger partial charge < -0.3 is 10.6 Å². The lowest BCUT2D eigenvalue weighted by Gasteiger charge is -2.21. The number of carbonyl (C=O) groups excluding carboxylic acids is 1. The summed E-state index contributed by atoms with van der Waals surface area (Å²) in [6.45, 7) is 4.15. The van der Waals surface area contributed by atoms with E-state index in [0.717, 1.165) is 17.7 Å². The lowest BCUT2D eigenvalue weighted by Crippen LogP contribution is -2.41. The number of fused-ring (bicyclic) bond motifs is 1. The molecule has 0 unspecified atom stereocenters. The Morgan fingerprint density at radius 2 is 2.00 bits per heavy atom. The number of nitrogens with one attached hydrogen (secondary N) is 2. The van der Waals surface area contributed by atoms with E-state index < -0.39 is 0 Å². The molecule has 1 aliphatic heterocycles. The Bertz CT molecular complexity index is 376. The van der Waals surface area contributed by atoms with Gasteiger partial charge in [0.05, 0.1) is 5.56 Å². The SMILES string of the molecule is CC[C@H]1Nc2ccccc2C(=O)N[C@H]1C. The summed E-state index contributed by atoms with van der Waals surface area (Å²) in [6.07, 6.45) is 0.996. The molecule has 2 rings (SSSR count). The van der Waals surface area contributed by atoms with Gasteiger partial charge in [0.1, 0.15) is 0 Å². The van der Waals surface area contributed by atoms with Gasteiger partial charge in [0.25, 0.3) is 5.91 Å². The third-order valence-electron chi connectivity index (χ3n) is 2.91. The molecule has 1 aliphatic rings. The molecule has 2 N–H and O–H groups in total. The monoisotopic (exact) mass is 204 g/mol. The molecule has 1 amide bonds. The second kappa shape index (κ2) is 3.93. The van der Waals surface area contributed by atoms with Crippen molar-refractivity contribution in [3.05, 3.63) is 29.8 Å². The molecule has 3 heteroatoms. The Balaban J connectivity index is 2.39. The zero-order valence-corrected chi connectivity index (χ0v) is 9.08. The molecule has 0 fully saturated rings. The van der Waals surface area contributed by atoms with Crippen LogP contribution in [0.25, 0.3) is 0 Å². The van der Waals surface area contributed by atoms with Crippen LogP contribution in [0.15, 0.2) is 24.3 Å². The van der Waals surface area contributed by atoms with E-state index in [1.807, 2.05) is 31.2 Å². The van der Waals surface area contributed by atoms with Crippen LogP contribution in [-0.4, -0.2) is 18.0 Å². The minimum absolute atomic E-state index is 0.0153. The zero-order chi connectivity index (χ0) is 10.8. The molecule has 80 valence electrons. The summed E-state index contributed by atoms with van der Waals surface area (Å²) in [5.74, 6) is 0.0153. The molecule has 1 aromatic rings. The summed E-state index contributed by atoms with van der Waals surface area (Å²) >= 11 is 0. The van der Waals surface area contributed by atoms with Crippen molar-refractivity contribution >= 4 is 11.6 Å².